The molecule has 1 unspecified atom stereocenters. The zero-order chi connectivity index (χ0) is 13.8. The summed E-state index contributed by atoms with van der Waals surface area (Å²) in [7, 11) is -4.09. The maximum Gasteiger partial charge on any atom is 0.349 e. The van der Waals surface area contributed by atoms with E-state index in [0.29, 0.717) is 0 Å². The normalized spacial score (nSPS) is 12.8. The van der Waals surface area contributed by atoms with Crippen LogP contribution in [0.4, 0.5) is 5.82 Å². The first kappa shape index (κ1) is 17.8. The van der Waals surface area contributed by atoms with Gasteiger partial charge in [0.25, 0.3) is 0 Å². The van der Waals surface area contributed by atoms with Gasteiger partial charge in [0.15, 0.2) is 0 Å². The molecule has 0 aliphatic heterocycles. The summed E-state index contributed by atoms with van der Waals surface area (Å²) in [5.41, 5.74) is 4.78. The van der Waals surface area contributed by atoms with Crippen molar-refractivity contribution in [1.29, 1.82) is 0 Å². The molecule has 19 heavy (non-hydrogen) atoms. The van der Waals surface area contributed by atoms with Crippen molar-refractivity contribution in [3.8, 4) is 0 Å². The van der Waals surface area contributed by atoms with Gasteiger partial charge in [-0.25, -0.2) is 4.79 Å². The number of nitrogens with two attached hydrogens (primary N) is 1. The summed E-state index contributed by atoms with van der Waals surface area (Å²) in [5.74, 6) is -0.312. The Morgan fingerprint density at radius 1 is 1.47 bits per heavy atom. The van der Waals surface area contributed by atoms with E-state index in [1.807, 2.05) is 0 Å². The summed E-state index contributed by atoms with van der Waals surface area (Å²) < 4.78 is 12.0. The van der Waals surface area contributed by atoms with Gasteiger partial charge in [-0.15, -0.1) is 0 Å². The number of aromatic nitrogens is 2. The molecule has 1 atom stereocenters. The van der Waals surface area contributed by atoms with Crippen molar-refractivity contribution >= 4 is 13.4 Å². The molecule has 9 nitrogen and oxygen atoms in total. The molecule has 8 N–H and O–H groups in total. The minimum absolute atomic E-state index is 0. The van der Waals surface area contributed by atoms with Crippen LogP contribution in [0.15, 0.2) is 17.1 Å². The highest BCUT2D eigenvalue weighted by Crippen LogP contribution is 2.36. The summed E-state index contributed by atoms with van der Waals surface area (Å²) in [6.45, 7) is -0.126. The first-order valence-electron chi connectivity index (χ1n) is 5.30. The number of anilines is 1. The van der Waals surface area contributed by atoms with Crippen molar-refractivity contribution in [1.82, 2.24) is 15.7 Å². The molecular weight excluding hydrogens is 275 g/mol. The van der Waals surface area contributed by atoms with Gasteiger partial charge in [-0.05, 0) is 12.5 Å². The van der Waals surface area contributed by atoms with Gasteiger partial charge in [-0.3, -0.25) is 9.13 Å². The zero-order valence-electron chi connectivity index (χ0n) is 10.3. The molecule has 0 saturated heterocycles. The molecule has 110 valence electrons. The number of hydrogen-bond acceptors (Lipinski definition) is 6. The second-order valence-electron chi connectivity index (χ2n) is 4.01. The van der Waals surface area contributed by atoms with Crippen molar-refractivity contribution in [2.24, 2.45) is 5.92 Å². The number of rotatable bonds is 6. The van der Waals surface area contributed by atoms with E-state index in [2.05, 4.69) is 4.98 Å². The Hall–Kier alpha value is -1.25. The number of nitrogen functional groups attached to an aromatic ring is 1. The molecule has 0 aliphatic rings. The largest absolute Gasteiger partial charge is 0.396 e. The van der Waals surface area contributed by atoms with E-state index in [-0.39, 0.29) is 37.7 Å². The molecule has 1 rings (SSSR count). The molecule has 0 bridgehead atoms. The Balaban J connectivity index is 0.00000324. The first-order valence-corrected chi connectivity index (χ1v) is 7.10. The number of nitrogens with zero attached hydrogens (tertiary/aromatic N) is 2. The quantitative estimate of drug-likeness (QED) is 0.422. The average molecular weight is 294 g/mol. The van der Waals surface area contributed by atoms with Crippen molar-refractivity contribution in [2.75, 3.05) is 18.5 Å². The van der Waals surface area contributed by atoms with Gasteiger partial charge in [-0.2, -0.15) is 4.98 Å². The Labute approximate surface area is 109 Å². The van der Waals surface area contributed by atoms with Gasteiger partial charge in [-0.1, -0.05) is 0 Å². The molecule has 0 aliphatic carbocycles. The smallest absolute Gasteiger partial charge is 0.349 e. The van der Waals surface area contributed by atoms with Gasteiger partial charge in [0, 0.05) is 25.3 Å². The summed E-state index contributed by atoms with van der Waals surface area (Å²) in [4.78, 5) is 32.5. The van der Waals surface area contributed by atoms with E-state index in [0.717, 1.165) is 0 Å². The van der Waals surface area contributed by atoms with Crippen LogP contribution in [-0.4, -0.2) is 37.2 Å². The standard InChI is InChI=1S/C9H16N3O5P.H3N/c10-8-1-3-12(9(14)11-8)5-7(6-13)2-4-18(15,16)17;/h1,3,7,13H,2,4-6H2,(H2,10,11,14)(H2,15,16,17);1H3. The molecule has 0 fully saturated rings. The van der Waals surface area contributed by atoms with E-state index in [1.165, 1.54) is 16.8 Å². The molecule has 1 aromatic heterocycles. The van der Waals surface area contributed by atoms with Crippen molar-refractivity contribution in [3.63, 3.8) is 0 Å². The van der Waals surface area contributed by atoms with Crippen LogP contribution in [0, 0.1) is 5.92 Å². The summed E-state index contributed by atoms with van der Waals surface area (Å²) in [6, 6.07) is 1.44. The van der Waals surface area contributed by atoms with Gasteiger partial charge in [0.2, 0.25) is 0 Å². The molecule has 0 spiro atoms. The van der Waals surface area contributed by atoms with Gasteiger partial charge >= 0.3 is 13.3 Å². The average Bonchev–Trinajstić information content (AvgIpc) is 2.25. The lowest BCUT2D eigenvalue weighted by Gasteiger charge is -2.15. The Kier molecular flexibility index (Phi) is 6.88. The van der Waals surface area contributed by atoms with E-state index in [1.54, 1.807) is 0 Å². The van der Waals surface area contributed by atoms with Crippen molar-refractivity contribution in [3.05, 3.63) is 22.7 Å². The predicted molar refractivity (Wildman–Crippen MR) is 70.0 cm³/mol. The summed E-state index contributed by atoms with van der Waals surface area (Å²) in [5, 5.41) is 9.12. The topological polar surface area (TPSA) is 174 Å². The van der Waals surface area contributed by atoms with Crippen LogP contribution < -0.4 is 17.6 Å². The van der Waals surface area contributed by atoms with Crippen LogP contribution in [-0.2, 0) is 11.1 Å². The number of hydrogen-bond donors (Lipinski definition) is 5. The highest BCUT2D eigenvalue weighted by molar-refractivity contribution is 7.51. The monoisotopic (exact) mass is 294 g/mol. The molecule has 0 amide bonds. The number of aliphatic hydroxyl groups excluding tert-OH is 1. The van der Waals surface area contributed by atoms with E-state index < -0.39 is 19.2 Å². The highest BCUT2D eigenvalue weighted by atomic mass is 31.2. The lowest BCUT2D eigenvalue weighted by atomic mass is 10.1. The van der Waals surface area contributed by atoms with Crippen LogP contribution in [0.25, 0.3) is 0 Å². The third-order valence-electron chi connectivity index (χ3n) is 2.44. The van der Waals surface area contributed by atoms with Crippen molar-refractivity contribution < 1.29 is 19.5 Å². The van der Waals surface area contributed by atoms with Crippen LogP contribution in [0.3, 0.4) is 0 Å². The van der Waals surface area contributed by atoms with Gasteiger partial charge in [0.1, 0.15) is 5.82 Å². The lowest BCUT2D eigenvalue weighted by molar-refractivity contribution is 0.204. The second-order valence-corrected chi connectivity index (χ2v) is 5.79. The van der Waals surface area contributed by atoms with Crippen LogP contribution >= 0.6 is 7.60 Å². The van der Waals surface area contributed by atoms with Crippen LogP contribution in [0.2, 0.25) is 0 Å². The Bertz CT molecular complexity index is 500. The lowest BCUT2D eigenvalue weighted by Crippen LogP contribution is -2.28. The molecule has 0 saturated carbocycles. The third kappa shape index (κ3) is 6.46. The van der Waals surface area contributed by atoms with E-state index >= 15 is 0 Å². The fourth-order valence-electron chi connectivity index (χ4n) is 1.45. The summed E-state index contributed by atoms with van der Waals surface area (Å²) >= 11 is 0. The fraction of sp³-hybridized carbons (Fsp3) is 0.556. The SMILES string of the molecule is N.Nc1ccn(CC(CO)CCP(=O)(O)O)c(=O)n1. The van der Waals surface area contributed by atoms with Crippen LogP contribution in [0.5, 0.6) is 0 Å². The fourth-order valence-corrected chi connectivity index (χ4v) is 2.15. The zero-order valence-corrected chi connectivity index (χ0v) is 11.2. The second kappa shape index (κ2) is 7.37. The molecule has 0 radical (unpaired) electrons. The molecule has 1 aromatic rings. The van der Waals surface area contributed by atoms with Gasteiger partial charge in [0.05, 0.1) is 6.16 Å². The molecule has 10 heteroatoms. The first-order chi connectivity index (χ1) is 8.31. The van der Waals surface area contributed by atoms with Crippen LogP contribution in [0.1, 0.15) is 6.42 Å². The molecule has 0 aromatic carbocycles. The maximum absolute atomic E-state index is 11.4. The Morgan fingerprint density at radius 2 is 2.11 bits per heavy atom. The molecular formula is C9H19N4O5P. The third-order valence-corrected chi connectivity index (χ3v) is 3.28. The minimum atomic E-state index is -4.09. The van der Waals surface area contributed by atoms with Crippen molar-refractivity contribution in [2.45, 2.75) is 13.0 Å². The van der Waals surface area contributed by atoms with E-state index in [9.17, 15) is 9.36 Å². The Morgan fingerprint density at radius 3 is 2.58 bits per heavy atom. The number of aliphatic hydroxyl groups is 1. The maximum atomic E-state index is 11.4. The predicted octanol–water partition coefficient (Wildman–Crippen LogP) is -0.836. The van der Waals surface area contributed by atoms with Gasteiger partial charge < -0.3 is 26.8 Å². The summed E-state index contributed by atoms with van der Waals surface area (Å²) in [6.07, 6.45) is 1.23. The molecule has 1 heterocycles. The minimum Gasteiger partial charge on any atom is -0.396 e. The van der Waals surface area contributed by atoms with E-state index in [4.69, 9.17) is 20.6 Å². The highest BCUT2D eigenvalue weighted by Gasteiger charge is 2.17.